The van der Waals surface area contributed by atoms with E-state index in [1.807, 2.05) is 0 Å². The van der Waals surface area contributed by atoms with Gasteiger partial charge in [-0.15, -0.1) is 0 Å². The second-order valence-electron chi connectivity index (χ2n) is 4.60. The van der Waals surface area contributed by atoms with Crippen molar-refractivity contribution in [2.24, 2.45) is 0 Å². The SMILES string of the molecule is Cc1cnc(NCCCCCCC(=O)O)cc1[N+](=O)[O-]. The van der Waals surface area contributed by atoms with E-state index in [0.717, 1.165) is 19.3 Å². The summed E-state index contributed by atoms with van der Waals surface area (Å²) < 4.78 is 0. The summed E-state index contributed by atoms with van der Waals surface area (Å²) in [6.45, 7) is 2.32. The van der Waals surface area contributed by atoms with E-state index in [-0.39, 0.29) is 12.1 Å². The fourth-order valence-electron chi connectivity index (χ4n) is 1.78. The molecule has 20 heavy (non-hydrogen) atoms. The van der Waals surface area contributed by atoms with Crippen LogP contribution in [0.5, 0.6) is 0 Å². The van der Waals surface area contributed by atoms with Crippen molar-refractivity contribution in [3.63, 3.8) is 0 Å². The van der Waals surface area contributed by atoms with Gasteiger partial charge in [-0.3, -0.25) is 14.9 Å². The number of unbranched alkanes of at least 4 members (excludes halogenated alkanes) is 3. The molecule has 0 spiro atoms. The van der Waals surface area contributed by atoms with E-state index in [1.165, 1.54) is 12.3 Å². The summed E-state index contributed by atoms with van der Waals surface area (Å²) in [5.41, 5.74) is 0.596. The number of hydrogen-bond acceptors (Lipinski definition) is 5. The maximum Gasteiger partial charge on any atom is 0.303 e. The van der Waals surface area contributed by atoms with Crippen LogP contribution in [0.15, 0.2) is 12.3 Å². The highest BCUT2D eigenvalue weighted by Gasteiger charge is 2.11. The van der Waals surface area contributed by atoms with E-state index >= 15 is 0 Å². The third kappa shape index (κ3) is 5.64. The van der Waals surface area contributed by atoms with Crippen molar-refractivity contribution in [2.45, 2.75) is 39.0 Å². The van der Waals surface area contributed by atoms with Crippen molar-refractivity contribution in [1.29, 1.82) is 0 Å². The number of nitrogens with zero attached hydrogens (tertiary/aromatic N) is 2. The van der Waals surface area contributed by atoms with Crippen LogP contribution in [0.4, 0.5) is 11.5 Å². The number of aliphatic carboxylic acids is 1. The average molecular weight is 281 g/mol. The van der Waals surface area contributed by atoms with Gasteiger partial charge in [0.05, 0.1) is 11.0 Å². The molecule has 0 unspecified atom stereocenters. The molecule has 0 radical (unpaired) electrons. The highest BCUT2D eigenvalue weighted by molar-refractivity contribution is 5.66. The number of nitrogens with one attached hydrogen (secondary N) is 1. The molecule has 0 saturated carbocycles. The molecule has 1 aromatic rings. The van der Waals surface area contributed by atoms with Crippen molar-refractivity contribution in [2.75, 3.05) is 11.9 Å². The first-order chi connectivity index (χ1) is 9.50. The van der Waals surface area contributed by atoms with Gasteiger partial charge in [0.1, 0.15) is 5.82 Å². The van der Waals surface area contributed by atoms with Crippen LogP contribution in [0.1, 0.15) is 37.7 Å². The lowest BCUT2D eigenvalue weighted by molar-refractivity contribution is -0.385. The molecule has 0 aliphatic heterocycles. The van der Waals surface area contributed by atoms with E-state index in [0.29, 0.717) is 24.3 Å². The smallest absolute Gasteiger partial charge is 0.303 e. The fraction of sp³-hybridized carbons (Fsp3) is 0.538. The van der Waals surface area contributed by atoms with Crippen molar-refractivity contribution in [3.05, 3.63) is 27.9 Å². The van der Waals surface area contributed by atoms with Gasteiger partial charge in [-0.2, -0.15) is 0 Å². The fourth-order valence-corrected chi connectivity index (χ4v) is 1.78. The minimum absolute atomic E-state index is 0.0592. The Morgan fingerprint density at radius 2 is 2.10 bits per heavy atom. The van der Waals surface area contributed by atoms with Gasteiger partial charge in [-0.05, 0) is 19.8 Å². The van der Waals surface area contributed by atoms with Gasteiger partial charge in [0, 0.05) is 24.7 Å². The second kappa shape index (κ2) is 8.08. The molecular weight excluding hydrogens is 262 g/mol. The zero-order valence-electron chi connectivity index (χ0n) is 11.5. The van der Waals surface area contributed by atoms with Crippen molar-refractivity contribution < 1.29 is 14.8 Å². The summed E-state index contributed by atoms with van der Waals surface area (Å²) in [5.74, 6) is -0.271. The number of hydrogen-bond donors (Lipinski definition) is 2. The first-order valence-electron chi connectivity index (χ1n) is 6.57. The van der Waals surface area contributed by atoms with Gasteiger partial charge in [-0.1, -0.05) is 12.8 Å². The monoisotopic (exact) mass is 281 g/mol. The zero-order chi connectivity index (χ0) is 15.0. The third-order valence-corrected chi connectivity index (χ3v) is 2.89. The highest BCUT2D eigenvalue weighted by Crippen LogP contribution is 2.19. The number of pyridine rings is 1. The van der Waals surface area contributed by atoms with Crippen LogP contribution in [-0.4, -0.2) is 27.5 Å². The minimum atomic E-state index is -0.765. The minimum Gasteiger partial charge on any atom is -0.481 e. The van der Waals surface area contributed by atoms with Gasteiger partial charge >= 0.3 is 5.97 Å². The number of rotatable bonds is 9. The topological polar surface area (TPSA) is 105 Å². The molecule has 0 atom stereocenters. The third-order valence-electron chi connectivity index (χ3n) is 2.89. The number of carboxylic acid groups (broad SMARTS) is 1. The first kappa shape index (κ1) is 15.9. The predicted octanol–water partition coefficient (Wildman–Crippen LogP) is 2.75. The molecule has 0 aliphatic carbocycles. The molecule has 0 aliphatic rings. The maximum absolute atomic E-state index is 10.8. The van der Waals surface area contributed by atoms with Gasteiger partial charge in [0.15, 0.2) is 0 Å². The average Bonchev–Trinajstić information content (AvgIpc) is 2.38. The standard InChI is InChI=1S/C13H19N3O4/c1-10-9-15-12(8-11(10)16(19)20)14-7-5-3-2-4-6-13(17)18/h8-9H,2-7H2,1H3,(H,14,15)(H,17,18). The molecule has 7 nitrogen and oxygen atoms in total. The largest absolute Gasteiger partial charge is 0.481 e. The van der Waals surface area contributed by atoms with Crippen molar-refractivity contribution >= 4 is 17.5 Å². The number of carbonyl (C=O) groups is 1. The van der Waals surface area contributed by atoms with Crippen molar-refractivity contribution in [3.8, 4) is 0 Å². The molecule has 1 heterocycles. The zero-order valence-corrected chi connectivity index (χ0v) is 11.5. The van der Waals surface area contributed by atoms with E-state index in [1.54, 1.807) is 6.92 Å². The van der Waals surface area contributed by atoms with Crippen LogP contribution < -0.4 is 5.32 Å². The Morgan fingerprint density at radius 3 is 2.75 bits per heavy atom. The molecule has 0 fully saturated rings. The summed E-state index contributed by atoms with van der Waals surface area (Å²) in [5, 5.41) is 22.3. The molecule has 1 aromatic heterocycles. The lowest BCUT2D eigenvalue weighted by atomic mass is 10.1. The van der Waals surface area contributed by atoms with E-state index in [2.05, 4.69) is 10.3 Å². The number of aryl methyl sites for hydroxylation is 1. The molecular formula is C13H19N3O4. The Bertz CT molecular complexity index is 477. The predicted molar refractivity (Wildman–Crippen MR) is 74.8 cm³/mol. The van der Waals surface area contributed by atoms with Crippen LogP contribution in [0.25, 0.3) is 0 Å². The number of nitro groups is 1. The van der Waals surface area contributed by atoms with Gasteiger partial charge < -0.3 is 10.4 Å². The summed E-state index contributed by atoms with van der Waals surface area (Å²) in [7, 11) is 0. The van der Waals surface area contributed by atoms with Crippen LogP contribution >= 0.6 is 0 Å². The highest BCUT2D eigenvalue weighted by atomic mass is 16.6. The summed E-state index contributed by atoms with van der Waals surface area (Å²) >= 11 is 0. The Balaban J connectivity index is 2.27. The van der Waals surface area contributed by atoms with Crippen LogP contribution in [-0.2, 0) is 4.79 Å². The Morgan fingerprint density at radius 1 is 1.40 bits per heavy atom. The van der Waals surface area contributed by atoms with E-state index < -0.39 is 10.9 Å². The molecule has 0 amide bonds. The van der Waals surface area contributed by atoms with E-state index in [9.17, 15) is 14.9 Å². The molecule has 2 N–H and O–H groups in total. The first-order valence-corrected chi connectivity index (χ1v) is 6.57. The Labute approximate surface area is 117 Å². The molecule has 1 rings (SSSR count). The summed E-state index contributed by atoms with van der Waals surface area (Å²) in [6.07, 6.45) is 5.04. The Hall–Kier alpha value is -2.18. The molecule has 0 bridgehead atoms. The number of aromatic nitrogens is 1. The van der Waals surface area contributed by atoms with Gasteiger partial charge in [0.25, 0.3) is 5.69 Å². The number of carboxylic acids is 1. The Kier molecular flexibility index (Phi) is 6.42. The molecule has 0 saturated heterocycles. The lowest BCUT2D eigenvalue weighted by Crippen LogP contribution is -2.04. The van der Waals surface area contributed by atoms with Crippen LogP contribution in [0.2, 0.25) is 0 Å². The lowest BCUT2D eigenvalue weighted by Gasteiger charge is -2.06. The number of anilines is 1. The quantitative estimate of drug-likeness (QED) is 0.409. The van der Waals surface area contributed by atoms with E-state index in [4.69, 9.17) is 5.11 Å². The molecule has 0 aromatic carbocycles. The van der Waals surface area contributed by atoms with Crippen molar-refractivity contribution in [1.82, 2.24) is 4.98 Å². The van der Waals surface area contributed by atoms with Gasteiger partial charge in [-0.25, -0.2) is 4.98 Å². The molecule has 7 heteroatoms. The van der Waals surface area contributed by atoms with Crippen LogP contribution in [0.3, 0.4) is 0 Å². The van der Waals surface area contributed by atoms with Crippen LogP contribution in [0, 0.1) is 17.0 Å². The molecule has 110 valence electrons. The van der Waals surface area contributed by atoms with Gasteiger partial charge in [0.2, 0.25) is 0 Å². The second-order valence-corrected chi connectivity index (χ2v) is 4.60. The summed E-state index contributed by atoms with van der Waals surface area (Å²) in [4.78, 5) is 24.8. The maximum atomic E-state index is 10.8. The summed E-state index contributed by atoms with van der Waals surface area (Å²) in [6, 6.07) is 1.43. The normalized spacial score (nSPS) is 10.2.